The summed E-state index contributed by atoms with van der Waals surface area (Å²) in [6.45, 7) is 1.26. The molecule has 0 bridgehead atoms. The largest absolute Gasteiger partial charge is 0.356 e. The van der Waals surface area contributed by atoms with E-state index in [1.165, 1.54) is 25.7 Å². The van der Waals surface area contributed by atoms with Gasteiger partial charge in [0.2, 0.25) is 5.91 Å². The fourth-order valence-electron chi connectivity index (χ4n) is 5.40. The van der Waals surface area contributed by atoms with Crippen LogP contribution in [-0.4, -0.2) is 40.3 Å². The topological polar surface area (TPSA) is 78.6 Å². The third-order valence-corrected chi connectivity index (χ3v) is 6.60. The summed E-state index contributed by atoms with van der Waals surface area (Å²) >= 11 is 0. The van der Waals surface area contributed by atoms with Crippen LogP contribution in [0.2, 0.25) is 0 Å². The first-order valence-electron chi connectivity index (χ1n) is 9.62. The third-order valence-electron chi connectivity index (χ3n) is 6.60. The van der Waals surface area contributed by atoms with Crippen molar-refractivity contribution < 1.29 is 10.0 Å². The Bertz CT molecular complexity index is 414. The average molecular weight is 323 g/mol. The number of nitrogens with one attached hydrogen (secondary N) is 1. The molecule has 1 amide bonds. The number of carbonyl (C=O) groups excluding carboxylic acids is 1. The van der Waals surface area contributed by atoms with Crippen molar-refractivity contribution in [3.05, 3.63) is 0 Å². The summed E-state index contributed by atoms with van der Waals surface area (Å²) in [5.74, 6) is 0.0746. The van der Waals surface area contributed by atoms with E-state index in [1.807, 2.05) is 0 Å². The Balaban J connectivity index is 1.81. The fourth-order valence-corrected chi connectivity index (χ4v) is 5.40. The Morgan fingerprint density at radius 2 is 1.70 bits per heavy atom. The van der Waals surface area contributed by atoms with Crippen LogP contribution in [0.1, 0.15) is 77.0 Å². The van der Waals surface area contributed by atoms with E-state index in [4.69, 9.17) is 5.73 Å². The maximum Gasteiger partial charge on any atom is 0.225 e. The molecule has 2 spiro atoms. The molecule has 1 unspecified atom stereocenters. The molecule has 5 heteroatoms. The van der Waals surface area contributed by atoms with Crippen molar-refractivity contribution in [3.63, 3.8) is 0 Å². The first-order chi connectivity index (χ1) is 11.1. The van der Waals surface area contributed by atoms with E-state index in [0.717, 1.165) is 51.4 Å². The first-order valence-corrected chi connectivity index (χ1v) is 9.62. The Hall–Kier alpha value is -0.650. The highest BCUT2D eigenvalue weighted by molar-refractivity contribution is 5.80. The standard InChI is InChI=1S/C18H33N3O2/c19-12-7-13-20-16(22)15-14-17(8-3-1-4-9-17)21(23)18(15)10-5-2-6-11-18/h15,23H,1-14,19H2,(H,20,22). The molecular weight excluding hydrogens is 290 g/mol. The summed E-state index contributed by atoms with van der Waals surface area (Å²) < 4.78 is 0. The van der Waals surface area contributed by atoms with E-state index in [1.54, 1.807) is 5.06 Å². The summed E-state index contributed by atoms with van der Waals surface area (Å²) in [6.07, 6.45) is 12.7. The van der Waals surface area contributed by atoms with Gasteiger partial charge in [0, 0.05) is 12.1 Å². The lowest BCUT2D eigenvalue weighted by Gasteiger charge is -2.47. The second-order valence-corrected chi connectivity index (χ2v) is 7.95. The predicted molar refractivity (Wildman–Crippen MR) is 90.0 cm³/mol. The molecule has 132 valence electrons. The quantitative estimate of drug-likeness (QED) is 0.695. The van der Waals surface area contributed by atoms with Gasteiger partial charge in [-0.25, -0.2) is 0 Å². The van der Waals surface area contributed by atoms with Crippen LogP contribution in [0.5, 0.6) is 0 Å². The number of amides is 1. The monoisotopic (exact) mass is 323 g/mol. The normalized spacial score (nSPS) is 29.9. The van der Waals surface area contributed by atoms with Gasteiger partial charge < -0.3 is 16.3 Å². The molecule has 2 saturated carbocycles. The Morgan fingerprint density at radius 3 is 2.30 bits per heavy atom. The predicted octanol–water partition coefficient (Wildman–Crippen LogP) is 2.57. The number of hydrogen-bond donors (Lipinski definition) is 3. The molecule has 23 heavy (non-hydrogen) atoms. The van der Waals surface area contributed by atoms with Gasteiger partial charge in [-0.05, 0) is 45.1 Å². The zero-order valence-corrected chi connectivity index (χ0v) is 14.4. The Morgan fingerprint density at radius 1 is 1.09 bits per heavy atom. The molecule has 3 rings (SSSR count). The van der Waals surface area contributed by atoms with Crippen molar-refractivity contribution in [1.29, 1.82) is 0 Å². The number of nitrogens with two attached hydrogens (primary N) is 1. The maximum atomic E-state index is 12.9. The van der Waals surface area contributed by atoms with Gasteiger partial charge >= 0.3 is 0 Å². The maximum absolute atomic E-state index is 12.9. The van der Waals surface area contributed by atoms with Crippen LogP contribution in [0.4, 0.5) is 0 Å². The molecule has 3 fully saturated rings. The van der Waals surface area contributed by atoms with Crippen molar-refractivity contribution in [2.24, 2.45) is 11.7 Å². The molecule has 1 aliphatic heterocycles. The van der Waals surface area contributed by atoms with Gasteiger partial charge in [-0.2, -0.15) is 5.06 Å². The van der Waals surface area contributed by atoms with Crippen molar-refractivity contribution in [1.82, 2.24) is 10.4 Å². The van der Waals surface area contributed by atoms with Gasteiger partial charge in [-0.3, -0.25) is 4.79 Å². The van der Waals surface area contributed by atoms with E-state index < -0.39 is 0 Å². The van der Waals surface area contributed by atoms with Crippen LogP contribution in [0.3, 0.4) is 0 Å². The lowest BCUT2D eigenvalue weighted by Crippen LogP contribution is -2.56. The van der Waals surface area contributed by atoms with E-state index in [2.05, 4.69) is 5.32 Å². The molecule has 1 heterocycles. The molecule has 0 aromatic carbocycles. The van der Waals surface area contributed by atoms with E-state index in [9.17, 15) is 10.0 Å². The highest BCUT2D eigenvalue weighted by Gasteiger charge is 2.62. The number of hydroxylamine groups is 2. The average Bonchev–Trinajstić information content (AvgIpc) is 2.80. The molecule has 0 aromatic rings. The van der Waals surface area contributed by atoms with Crippen molar-refractivity contribution in [2.75, 3.05) is 13.1 Å². The van der Waals surface area contributed by atoms with Crippen LogP contribution in [0, 0.1) is 5.92 Å². The zero-order chi connectivity index (χ0) is 16.3. The summed E-state index contributed by atoms with van der Waals surface area (Å²) in [5.41, 5.74) is 5.07. The number of hydrogen-bond acceptors (Lipinski definition) is 4. The van der Waals surface area contributed by atoms with Gasteiger partial charge in [0.15, 0.2) is 0 Å². The van der Waals surface area contributed by atoms with Crippen LogP contribution < -0.4 is 11.1 Å². The molecule has 1 atom stereocenters. The second kappa shape index (κ2) is 7.08. The van der Waals surface area contributed by atoms with E-state index in [-0.39, 0.29) is 22.9 Å². The van der Waals surface area contributed by atoms with Crippen molar-refractivity contribution in [2.45, 2.75) is 88.1 Å². The first kappa shape index (κ1) is 17.2. The van der Waals surface area contributed by atoms with Crippen molar-refractivity contribution >= 4 is 5.91 Å². The number of rotatable bonds is 4. The summed E-state index contributed by atoms with van der Waals surface area (Å²) in [6, 6.07) is 0. The second-order valence-electron chi connectivity index (χ2n) is 7.95. The molecule has 3 aliphatic rings. The molecule has 0 radical (unpaired) electrons. The summed E-state index contributed by atoms with van der Waals surface area (Å²) in [7, 11) is 0. The molecule has 5 nitrogen and oxygen atoms in total. The highest BCUT2D eigenvalue weighted by Crippen LogP contribution is 2.55. The Kier molecular flexibility index (Phi) is 5.29. The SMILES string of the molecule is NCCCNC(=O)C1CC2(CCCCC2)N(O)C12CCCCC2. The zero-order valence-electron chi connectivity index (χ0n) is 14.4. The lowest BCUT2D eigenvalue weighted by atomic mass is 9.72. The minimum atomic E-state index is -0.317. The summed E-state index contributed by atoms with van der Waals surface area (Å²) in [5, 5.41) is 16.0. The lowest BCUT2D eigenvalue weighted by molar-refractivity contribution is -0.231. The van der Waals surface area contributed by atoms with Crippen LogP contribution >= 0.6 is 0 Å². The third kappa shape index (κ3) is 3.03. The molecule has 0 aromatic heterocycles. The van der Waals surface area contributed by atoms with Gasteiger partial charge in [-0.15, -0.1) is 0 Å². The van der Waals surface area contributed by atoms with Crippen LogP contribution in [0.15, 0.2) is 0 Å². The molecule has 2 aliphatic carbocycles. The molecular formula is C18H33N3O2. The summed E-state index contributed by atoms with van der Waals surface area (Å²) in [4.78, 5) is 12.9. The van der Waals surface area contributed by atoms with E-state index >= 15 is 0 Å². The minimum absolute atomic E-state index is 0.0660. The smallest absolute Gasteiger partial charge is 0.225 e. The van der Waals surface area contributed by atoms with Gasteiger partial charge in [0.05, 0.1) is 11.5 Å². The van der Waals surface area contributed by atoms with Gasteiger partial charge in [-0.1, -0.05) is 38.5 Å². The van der Waals surface area contributed by atoms with Gasteiger partial charge in [0.25, 0.3) is 0 Å². The fraction of sp³-hybridized carbons (Fsp3) is 0.944. The van der Waals surface area contributed by atoms with Crippen LogP contribution in [-0.2, 0) is 4.79 Å². The Labute approximate surface area is 139 Å². The molecule has 4 N–H and O–H groups in total. The number of nitrogens with zero attached hydrogens (tertiary/aromatic N) is 1. The van der Waals surface area contributed by atoms with Crippen LogP contribution in [0.25, 0.3) is 0 Å². The minimum Gasteiger partial charge on any atom is -0.356 e. The van der Waals surface area contributed by atoms with Gasteiger partial charge in [0.1, 0.15) is 0 Å². The van der Waals surface area contributed by atoms with Crippen molar-refractivity contribution in [3.8, 4) is 0 Å². The molecule has 1 saturated heterocycles. The van der Waals surface area contributed by atoms with E-state index in [0.29, 0.717) is 13.1 Å². The number of carbonyl (C=O) groups is 1. The highest BCUT2D eigenvalue weighted by atomic mass is 16.5.